The molecule has 0 unspecified atom stereocenters. The maximum atomic E-state index is 9.97. The van der Waals surface area contributed by atoms with Crippen molar-refractivity contribution in [2.45, 2.75) is 0 Å². The third-order valence-corrected chi connectivity index (χ3v) is 0.803. The lowest BCUT2D eigenvalue weighted by Gasteiger charge is -1.94. The molecule has 0 aromatic rings. The molecule has 0 spiro atoms. The summed E-state index contributed by atoms with van der Waals surface area (Å²) in [5.74, 6) is -0.736. The maximum Gasteiger partial charge on any atom is 0.358 e. The molecule has 0 bridgehead atoms. The summed E-state index contributed by atoms with van der Waals surface area (Å²) in [5, 5.41) is 18.6. The zero-order chi connectivity index (χ0) is 8.15. The van der Waals surface area contributed by atoms with Gasteiger partial charge in [0.15, 0.2) is 0 Å². The second-order valence-corrected chi connectivity index (χ2v) is 1.36. The molecule has 0 aliphatic carbocycles. The fourth-order valence-corrected chi connectivity index (χ4v) is 0.345. The molecular formula is C5H7NO4. The first-order valence-electron chi connectivity index (χ1n) is 2.37. The van der Waals surface area contributed by atoms with E-state index < -0.39 is 16.6 Å². The third kappa shape index (κ3) is 1.77. The van der Waals surface area contributed by atoms with Crippen molar-refractivity contribution in [2.24, 2.45) is 0 Å². The van der Waals surface area contributed by atoms with Crippen LogP contribution in [0.5, 0.6) is 0 Å². The fourth-order valence-electron chi connectivity index (χ4n) is 0.345. The van der Waals surface area contributed by atoms with Crippen molar-refractivity contribution >= 4 is 0 Å². The number of rotatable bonds is 3. The Morgan fingerprint density at radius 2 is 2.40 bits per heavy atom. The van der Waals surface area contributed by atoms with Gasteiger partial charge in [-0.1, -0.05) is 6.58 Å². The molecule has 0 aromatic heterocycles. The van der Waals surface area contributed by atoms with Crippen molar-refractivity contribution < 1.29 is 14.8 Å². The minimum atomic E-state index is -0.786. The Kier molecular flexibility index (Phi) is 2.96. The van der Waals surface area contributed by atoms with Crippen LogP contribution in [-0.2, 0) is 4.74 Å². The van der Waals surface area contributed by atoms with Crippen LogP contribution in [0.4, 0.5) is 0 Å². The zero-order valence-electron chi connectivity index (χ0n) is 5.40. The van der Waals surface area contributed by atoms with Crippen LogP contribution in [0.25, 0.3) is 0 Å². The lowest BCUT2D eigenvalue weighted by Crippen LogP contribution is -2.01. The summed E-state index contributed by atoms with van der Waals surface area (Å²) in [6.45, 7) is 3.11. The molecule has 0 atom stereocenters. The Balaban J connectivity index is 4.62. The molecule has 0 heterocycles. The number of allylic oxidation sites excluding steroid dienone is 1. The smallest absolute Gasteiger partial charge is 0.358 e. The van der Waals surface area contributed by atoms with Crippen LogP contribution in [0.2, 0.25) is 0 Å². The van der Waals surface area contributed by atoms with E-state index in [0.29, 0.717) is 0 Å². The molecule has 0 aromatic carbocycles. The number of methoxy groups -OCH3 is 1. The molecule has 0 saturated carbocycles. The van der Waals surface area contributed by atoms with Crippen molar-refractivity contribution in [3.05, 3.63) is 34.4 Å². The Labute approximate surface area is 57.4 Å². The minimum absolute atomic E-state index is 0.539. The molecule has 0 saturated heterocycles. The second-order valence-electron chi connectivity index (χ2n) is 1.36. The van der Waals surface area contributed by atoms with Gasteiger partial charge < -0.3 is 9.84 Å². The summed E-state index contributed by atoms with van der Waals surface area (Å²) >= 11 is 0. The van der Waals surface area contributed by atoms with E-state index in [1.54, 1.807) is 0 Å². The average Bonchev–Trinajstić information content (AvgIpc) is 1.88. The minimum Gasteiger partial charge on any atom is -0.476 e. The van der Waals surface area contributed by atoms with Gasteiger partial charge in [-0.3, -0.25) is 10.1 Å². The van der Waals surface area contributed by atoms with Gasteiger partial charge in [-0.15, -0.1) is 0 Å². The highest BCUT2D eigenvalue weighted by Crippen LogP contribution is 2.02. The van der Waals surface area contributed by atoms with E-state index in [9.17, 15) is 10.1 Å². The van der Waals surface area contributed by atoms with Gasteiger partial charge in [-0.2, -0.15) is 0 Å². The Hall–Kier alpha value is -1.52. The number of nitrogens with zero attached hydrogens (tertiary/aromatic N) is 1. The molecule has 0 rings (SSSR count). The van der Waals surface area contributed by atoms with Gasteiger partial charge >= 0.3 is 11.6 Å². The van der Waals surface area contributed by atoms with Gasteiger partial charge in [0.25, 0.3) is 0 Å². The first-order chi connectivity index (χ1) is 4.63. The van der Waals surface area contributed by atoms with Gasteiger partial charge in [-0.05, 0) is 0 Å². The van der Waals surface area contributed by atoms with E-state index in [-0.39, 0.29) is 0 Å². The molecule has 0 aliphatic heterocycles. The predicted molar refractivity (Wildman–Crippen MR) is 33.9 cm³/mol. The second kappa shape index (κ2) is 3.49. The van der Waals surface area contributed by atoms with Gasteiger partial charge in [0, 0.05) is 6.08 Å². The van der Waals surface area contributed by atoms with E-state index >= 15 is 0 Å². The van der Waals surface area contributed by atoms with Crippen molar-refractivity contribution in [1.29, 1.82) is 0 Å². The molecule has 56 valence electrons. The number of aliphatic hydroxyl groups is 1. The summed E-state index contributed by atoms with van der Waals surface area (Å²) in [6, 6.07) is 0. The number of nitro groups is 1. The van der Waals surface area contributed by atoms with Crippen LogP contribution in [-0.4, -0.2) is 17.1 Å². The number of ether oxygens (including phenoxy) is 1. The highest BCUT2D eigenvalue weighted by molar-refractivity contribution is 5.07. The van der Waals surface area contributed by atoms with Gasteiger partial charge in [0.2, 0.25) is 0 Å². The first-order valence-corrected chi connectivity index (χ1v) is 2.37. The van der Waals surface area contributed by atoms with Crippen LogP contribution >= 0.6 is 0 Å². The summed E-state index contributed by atoms with van der Waals surface area (Å²) in [5.41, 5.74) is -0.539. The van der Waals surface area contributed by atoms with E-state index in [0.717, 1.165) is 13.2 Å². The summed E-state index contributed by atoms with van der Waals surface area (Å²) in [7, 11) is 1.13. The van der Waals surface area contributed by atoms with E-state index in [4.69, 9.17) is 5.11 Å². The Morgan fingerprint density at radius 3 is 2.50 bits per heavy atom. The Bertz CT molecular complexity index is 184. The fraction of sp³-hybridized carbons (Fsp3) is 0.200. The SMILES string of the molecule is C=C/C(=C(/O)OC)[N+](=O)[O-]. The molecule has 10 heavy (non-hydrogen) atoms. The quantitative estimate of drug-likeness (QED) is 0.276. The van der Waals surface area contributed by atoms with Crippen LogP contribution in [0.15, 0.2) is 24.3 Å². The first kappa shape index (κ1) is 8.48. The van der Waals surface area contributed by atoms with Gasteiger partial charge in [0.1, 0.15) is 0 Å². The molecule has 1 N–H and O–H groups in total. The maximum absolute atomic E-state index is 9.97. The lowest BCUT2D eigenvalue weighted by atomic mass is 10.5. The average molecular weight is 145 g/mol. The van der Waals surface area contributed by atoms with Crippen molar-refractivity contribution in [3.63, 3.8) is 0 Å². The molecule has 0 aliphatic rings. The summed E-state index contributed by atoms with van der Waals surface area (Å²) < 4.78 is 4.19. The Morgan fingerprint density at radius 1 is 1.90 bits per heavy atom. The number of hydrogen-bond acceptors (Lipinski definition) is 4. The molecule has 5 heteroatoms. The van der Waals surface area contributed by atoms with Gasteiger partial charge in [0.05, 0.1) is 12.0 Å². The topological polar surface area (TPSA) is 72.6 Å². The summed E-state index contributed by atoms with van der Waals surface area (Å²) in [4.78, 5) is 9.18. The molecule has 0 radical (unpaired) electrons. The standard InChI is InChI=1S/C5H7NO4/c1-3-4(6(8)9)5(7)10-2/h3,7H,1H2,2H3/b5-4+. The van der Waals surface area contributed by atoms with Crippen LogP contribution in [0, 0.1) is 10.1 Å². The van der Waals surface area contributed by atoms with E-state index in [1.807, 2.05) is 0 Å². The van der Waals surface area contributed by atoms with Crippen LogP contribution in [0.3, 0.4) is 0 Å². The van der Waals surface area contributed by atoms with E-state index in [2.05, 4.69) is 11.3 Å². The highest BCUT2D eigenvalue weighted by Gasteiger charge is 2.13. The van der Waals surface area contributed by atoms with Crippen LogP contribution in [0.1, 0.15) is 0 Å². The summed E-state index contributed by atoms with van der Waals surface area (Å²) in [6.07, 6.45) is 0.902. The molecule has 0 amide bonds. The van der Waals surface area contributed by atoms with E-state index in [1.165, 1.54) is 0 Å². The highest BCUT2D eigenvalue weighted by atomic mass is 16.6. The normalized spacial score (nSPS) is 11.7. The lowest BCUT2D eigenvalue weighted by molar-refractivity contribution is -0.424. The molecule has 5 nitrogen and oxygen atoms in total. The molecule has 0 fully saturated rings. The van der Waals surface area contributed by atoms with Crippen molar-refractivity contribution in [2.75, 3.05) is 7.11 Å². The van der Waals surface area contributed by atoms with Crippen molar-refractivity contribution in [1.82, 2.24) is 0 Å². The number of aliphatic hydroxyl groups excluding tert-OH is 1. The van der Waals surface area contributed by atoms with Crippen LogP contribution < -0.4 is 0 Å². The molecular weight excluding hydrogens is 138 g/mol. The largest absolute Gasteiger partial charge is 0.476 e. The monoisotopic (exact) mass is 145 g/mol. The third-order valence-electron chi connectivity index (χ3n) is 0.803. The van der Waals surface area contributed by atoms with Crippen molar-refractivity contribution in [3.8, 4) is 0 Å². The zero-order valence-corrected chi connectivity index (χ0v) is 5.40. The van der Waals surface area contributed by atoms with Gasteiger partial charge in [-0.25, -0.2) is 0 Å². The number of hydrogen-bond donors (Lipinski definition) is 1. The predicted octanol–water partition coefficient (Wildman–Crippen LogP) is 0.823.